The molecule has 0 aliphatic rings. The van der Waals surface area contributed by atoms with Crippen molar-refractivity contribution >= 4 is 56.8 Å². The first-order valence-electron chi connectivity index (χ1n) is 4.43. The van der Waals surface area contributed by atoms with Crippen molar-refractivity contribution in [1.29, 1.82) is 5.26 Å². The third kappa shape index (κ3) is 3.66. The van der Waals surface area contributed by atoms with E-state index in [4.69, 9.17) is 21.6 Å². The summed E-state index contributed by atoms with van der Waals surface area (Å²) in [7, 11) is 1.56. The molecule has 0 radical (unpaired) electrons. The van der Waals surface area contributed by atoms with Crippen LogP contribution in [0.4, 0.5) is 5.69 Å². The number of hydrogen-bond acceptors (Lipinski definition) is 4. The van der Waals surface area contributed by atoms with Gasteiger partial charge in [-0.25, -0.2) is 4.99 Å². The summed E-state index contributed by atoms with van der Waals surface area (Å²) in [6.07, 6.45) is 3.64. The van der Waals surface area contributed by atoms with Gasteiger partial charge in [0.05, 0.1) is 15.7 Å². The lowest BCUT2D eigenvalue weighted by atomic mass is 10.3. The molecular weight excluding hydrogens is 373 g/mol. The Bertz CT molecular complexity index is 487. The Morgan fingerprint density at radius 3 is 2.88 bits per heavy atom. The van der Waals surface area contributed by atoms with Gasteiger partial charge in [0.1, 0.15) is 5.69 Å². The number of rotatable bonds is 2. The average Bonchev–Trinajstić information content (AvgIpc) is 2.33. The molecule has 4 nitrogen and oxygen atoms in total. The minimum absolute atomic E-state index is 0.467. The summed E-state index contributed by atoms with van der Waals surface area (Å²) in [5.74, 6) is 0.601. The first kappa shape index (κ1) is 14.4. The molecule has 1 aromatic rings. The van der Waals surface area contributed by atoms with E-state index in [1.807, 2.05) is 18.5 Å². The van der Waals surface area contributed by atoms with E-state index in [1.165, 1.54) is 11.8 Å². The third-order valence-electron chi connectivity index (χ3n) is 1.81. The van der Waals surface area contributed by atoms with E-state index in [1.54, 1.807) is 13.2 Å². The largest absolute Gasteiger partial charge is 0.493 e. The maximum atomic E-state index is 8.58. The summed E-state index contributed by atoms with van der Waals surface area (Å²) < 4.78 is 6.17. The zero-order valence-corrected chi connectivity index (χ0v) is 12.9. The van der Waals surface area contributed by atoms with Crippen molar-refractivity contribution in [2.24, 2.45) is 4.99 Å². The van der Waals surface area contributed by atoms with E-state index in [0.29, 0.717) is 21.6 Å². The van der Waals surface area contributed by atoms with Crippen molar-refractivity contribution in [3.63, 3.8) is 0 Å². The van der Waals surface area contributed by atoms with E-state index in [2.05, 4.69) is 32.9 Å². The molecule has 0 fully saturated rings. The van der Waals surface area contributed by atoms with Gasteiger partial charge in [0.2, 0.25) is 0 Å². The SMILES string of the molecule is COc1c(I)ccc(Cl)c1N=C(NC#N)SC. The fraction of sp³-hybridized carbons (Fsp3) is 0.200. The third-order valence-corrected chi connectivity index (χ3v) is 3.54. The van der Waals surface area contributed by atoms with Crippen molar-refractivity contribution in [2.75, 3.05) is 13.4 Å². The van der Waals surface area contributed by atoms with Gasteiger partial charge in [-0.15, -0.1) is 0 Å². The first-order valence-corrected chi connectivity index (χ1v) is 7.12. The molecule has 0 saturated heterocycles. The minimum Gasteiger partial charge on any atom is -0.493 e. The first-order chi connectivity index (χ1) is 8.13. The van der Waals surface area contributed by atoms with Crippen LogP contribution in [-0.4, -0.2) is 18.5 Å². The van der Waals surface area contributed by atoms with Gasteiger partial charge < -0.3 is 4.74 Å². The van der Waals surface area contributed by atoms with Gasteiger partial charge in [-0.1, -0.05) is 23.4 Å². The van der Waals surface area contributed by atoms with Crippen LogP contribution in [0.3, 0.4) is 0 Å². The van der Waals surface area contributed by atoms with E-state index >= 15 is 0 Å². The molecule has 1 rings (SSSR count). The van der Waals surface area contributed by atoms with Crippen LogP contribution in [0.5, 0.6) is 5.75 Å². The number of thioether (sulfide) groups is 1. The number of halogens is 2. The monoisotopic (exact) mass is 381 g/mol. The summed E-state index contributed by atoms with van der Waals surface area (Å²) in [5.41, 5.74) is 0.521. The molecule has 7 heteroatoms. The van der Waals surface area contributed by atoms with E-state index in [9.17, 15) is 0 Å². The van der Waals surface area contributed by atoms with Crippen molar-refractivity contribution in [2.45, 2.75) is 0 Å². The maximum absolute atomic E-state index is 8.58. The average molecular weight is 382 g/mol. The summed E-state index contributed by atoms with van der Waals surface area (Å²) in [5, 5.41) is 12.0. The van der Waals surface area contributed by atoms with Crippen LogP contribution >= 0.6 is 46.0 Å². The minimum atomic E-state index is 0.467. The van der Waals surface area contributed by atoms with Crippen LogP contribution in [0.2, 0.25) is 5.02 Å². The molecule has 0 aliphatic carbocycles. The molecule has 0 spiro atoms. The Kier molecular flexibility index (Phi) is 5.88. The Labute approximate surface area is 123 Å². The number of hydrogen-bond donors (Lipinski definition) is 1. The van der Waals surface area contributed by atoms with Gasteiger partial charge in [-0.05, 0) is 41.0 Å². The molecule has 0 amide bonds. The number of ether oxygens (including phenoxy) is 1. The molecule has 0 aliphatic heterocycles. The highest BCUT2D eigenvalue weighted by Gasteiger charge is 2.12. The second-order valence-corrected chi connectivity index (χ2v) is 5.13. The van der Waals surface area contributed by atoms with Crippen LogP contribution < -0.4 is 10.1 Å². The number of amidine groups is 1. The Hall–Kier alpha value is -0.650. The molecule has 1 aromatic carbocycles. The molecular formula is C10H9ClIN3OS. The predicted octanol–water partition coefficient (Wildman–Crippen LogP) is 3.37. The fourth-order valence-electron chi connectivity index (χ4n) is 1.09. The van der Waals surface area contributed by atoms with Crippen LogP contribution in [0.25, 0.3) is 0 Å². The summed E-state index contributed by atoms with van der Waals surface area (Å²) >= 11 is 9.53. The van der Waals surface area contributed by atoms with Gasteiger partial charge >= 0.3 is 0 Å². The van der Waals surface area contributed by atoms with E-state index < -0.39 is 0 Å². The number of benzene rings is 1. The highest BCUT2D eigenvalue weighted by atomic mass is 127. The molecule has 0 unspecified atom stereocenters. The second kappa shape index (κ2) is 6.93. The quantitative estimate of drug-likeness (QED) is 0.280. The van der Waals surface area contributed by atoms with Crippen LogP contribution in [0.1, 0.15) is 0 Å². The van der Waals surface area contributed by atoms with Gasteiger partial charge in [0.15, 0.2) is 17.1 Å². The van der Waals surface area contributed by atoms with Crippen molar-refractivity contribution < 1.29 is 4.74 Å². The Balaban J connectivity index is 3.30. The Morgan fingerprint density at radius 1 is 1.65 bits per heavy atom. The topological polar surface area (TPSA) is 57.4 Å². The van der Waals surface area contributed by atoms with Gasteiger partial charge in [0.25, 0.3) is 0 Å². The van der Waals surface area contributed by atoms with Crippen molar-refractivity contribution in [3.8, 4) is 11.9 Å². The van der Waals surface area contributed by atoms with Crippen molar-refractivity contribution in [1.82, 2.24) is 5.32 Å². The van der Waals surface area contributed by atoms with Crippen LogP contribution in [0, 0.1) is 15.0 Å². The smallest absolute Gasteiger partial charge is 0.183 e. The van der Waals surface area contributed by atoms with Gasteiger partial charge in [0, 0.05) is 0 Å². The maximum Gasteiger partial charge on any atom is 0.183 e. The number of methoxy groups -OCH3 is 1. The summed E-state index contributed by atoms with van der Waals surface area (Å²) in [4.78, 5) is 4.28. The van der Waals surface area contributed by atoms with Crippen molar-refractivity contribution in [3.05, 3.63) is 20.7 Å². The molecule has 0 aromatic heterocycles. The highest BCUT2D eigenvalue weighted by Crippen LogP contribution is 2.39. The number of nitrogens with zero attached hydrogens (tertiary/aromatic N) is 2. The number of aliphatic imine (C=N–C) groups is 1. The zero-order valence-electron chi connectivity index (χ0n) is 9.12. The number of nitrogens with one attached hydrogen (secondary N) is 1. The molecule has 0 atom stereocenters. The Morgan fingerprint density at radius 2 is 2.35 bits per heavy atom. The number of nitriles is 1. The lowest BCUT2D eigenvalue weighted by Crippen LogP contribution is -2.12. The zero-order chi connectivity index (χ0) is 12.8. The van der Waals surface area contributed by atoms with E-state index in [-0.39, 0.29) is 0 Å². The van der Waals surface area contributed by atoms with Gasteiger partial charge in [-0.3, -0.25) is 5.32 Å². The standard InChI is InChI=1S/C10H9ClIN3OS/c1-16-9-7(12)4-3-6(11)8(9)15-10(17-2)14-5-13/h3-4H,1-2H3,(H,14,15). The highest BCUT2D eigenvalue weighted by molar-refractivity contribution is 14.1. The van der Waals surface area contributed by atoms with Crippen LogP contribution in [-0.2, 0) is 0 Å². The second-order valence-electron chi connectivity index (χ2n) is 2.77. The predicted molar refractivity (Wildman–Crippen MR) is 80.1 cm³/mol. The molecule has 0 bridgehead atoms. The van der Waals surface area contributed by atoms with E-state index in [0.717, 1.165) is 3.57 Å². The molecule has 1 N–H and O–H groups in total. The fourth-order valence-corrected chi connectivity index (χ4v) is 2.27. The lowest BCUT2D eigenvalue weighted by molar-refractivity contribution is 0.413. The molecule has 17 heavy (non-hydrogen) atoms. The lowest BCUT2D eigenvalue weighted by Gasteiger charge is -2.09. The molecule has 0 saturated carbocycles. The van der Waals surface area contributed by atoms with Gasteiger partial charge in [-0.2, -0.15) is 5.26 Å². The summed E-state index contributed by atoms with van der Waals surface area (Å²) in [6, 6.07) is 3.59. The van der Waals surface area contributed by atoms with Crippen LogP contribution in [0.15, 0.2) is 17.1 Å². The molecule has 0 heterocycles. The normalized spacial score (nSPS) is 10.9. The molecule has 90 valence electrons. The summed E-state index contributed by atoms with van der Waals surface area (Å²) in [6.45, 7) is 0.